The summed E-state index contributed by atoms with van der Waals surface area (Å²) in [6.07, 6.45) is 2.87. The van der Waals surface area contributed by atoms with Crippen molar-refractivity contribution in [2.45, 2.75) is 50.8 Å². The fourth-order valence-corrected chi connectivity index (χ4v) is 2.40. The molecule has 2 N–H and O–H groups in total. The number of ether oxygens (including phenoxy) is 1. The van der Waals surface area contributed by atoms with Gasteiger partial charge in [0.2, 0.25) is 5.91 Å². The van der Waals surface area contributed by atoms with Gasteiger partial charge in [0.15, 0.2) is 0 Å². The van der Waals surface area contributed by atoms with Gasteiger partial charge in [-0.3, -0.25) is 4.79 Å². The first-order chi connectivity index (χ1) is 7.01. The summed E-state index contributed by atoms with van der Waals surface area (Å²) < 4.78 is 5.56. The number of rotatable bonds is 2. The van der Waals surface area contributed by atoms with Crippen LogP contribution in [0.4, 0.5) is 0 Å². The van der Waals surface area contributed by atoms with Crippen LogP contribution in [0.15, 0.2) is 0 Å². The lowest BCUT2D eigenvalue weighted by Gasteiger charge is -2.35. The third kappa shape index (κ3) is 1.88. The molecule has 0 aromatic heterocycles. The Hall–Kier alpha value is -0.610. The zero-order chi connectivity index (χ0) is 11.1. The maximum atomic E-state index is 11.8. The number of nitrogens with zero attached hydrogens (tertiary/aromatic N) is 1. The highest BCUT2D eigenvalue weighted by Gasteiger charge is 2.45. The standard InChI is InChI=1S/C11H20N2O2/c1-11(2)9(12)6-10(14)13(11)7-8-4-3-5-15-8/h8-9H,3-7,12H2,1-2H3. The van der Waals surface area contributed by atoms with Crippen LogP contribution in [-0.2, 0) is 9.53 Å². The van der Waals surface area contributed by atoms with E-state index in [1.807, 2.05) is 18.7 Å². The minimum Gasteiger partial charge on any atom is -0.376 e. The maximum Gasteiger partial charge on any atom is 0.224 e. The first-order valence-electron chi connectivity index (χ1n) is 5.69. The van der Waals surface area contributed by atoms with E-state index in [1.54, 1.807) is 0 Å². The molecule has 2 rings (SSSR count). The zero-order valence-corrected chi connectivity index (χ0v) is 9.53. The molecule has 2 saturated heterocycles. The van der Waals surface area contributed by atoms with E-state index in [4.69, 9.17) is 10.5 Å². The normalized spacial score (nSPS) is 35.1. The summed E-state index contributed by atoms with van der Waals surface area (Å²) in [7, 11) is 0. The van der Waals surface area contributed by atoms with Crippen LogP contribution in [0, 0.1) is 0 Å². The lowest BCUT2D eigenvalue weighted by Crippen LogP contribution is -2.51. The summed E-state index contributed by atoms with van der Waals surface area (Å²) in [5.74, 6) is 0.169. The quantitative estimate of drug-likeness (QED) is 0.725. The van der Waals surface area contributed by atoms with Gasteiger partial charge in [-0.05, 0) is 26.7 Å². The van der Waals surface area contributed by atoms with Crippen molar-refractivity contribution in [3.63, 3.8) is 0 Å². The van der Waals surface area contributed by atoms with E-state index in [0.717, 1.165) is 19.4 Å². The predicted molar refractivity (Wildman–Crippen MR) is 57.4 cm³/mol. The minimum absolute atomic E-state index is 0.0496. The van der Waals surface area contributed by atoms with E-state index in [1.165, 1.54) is 0 Å². The second-order valence-electron chi connectivity index (χ2n) is 5.10. The predicted octanol–water partition coefficient (Wildman–Crippen LogP) is 0.504. The van der Waals surface area contributed by atoms with E-state index in [9.17, 15) is 4.79 Å². The Morgan fingerprint density at radius 3 is 2.80 bits per heavy atom. The Balaban J connectivity index is 2.03. The largest absolute Gasteiger partial charge is 0.376 e. The van der Waals surface area contributed by atoms with Gasteiger partial charge in [0.1, 0.15) is 0 Å². The molecule has 0 bridgehead atoms. The molecule has 15 heavy (non-hydrogen) atoms. The Bertz CT molecular complexity index is 259. The average Bonchev–Trinajstić information content (AvgIpc) is 2.70. The van der Waals surface area contributed by atoms with Crippen LogP contribution in [0.25, 0.3) is 0 Å². The van der Waals surface area contributed by atoms with Gasteiger partial charge in [0.05, 0.1) is 11.6 Å². The number of carbonyl (C=O) groups excluding carboxylic acids is 1. The lowest BCUT2D eigenvalue weighted by atomic mass is 9.96. The molecule has 0 spiro atoms. The van der Waals surface area contributed by atoms with Crippen molar-refractivity contribution in [1.29, 1.82) is 0 Å². The molecular formula is C11H20N2O2. The first kappa shape index (κ1) is 10.9. The highest BCUT2D eigenvalue weighted by Crippen LogP contribution is 2.30. The Kier molecular flexibility index (Phi) is 2.73. The van der Waals surface area contributed by atoms with Crippen LogP contribution in [0.3, 0.4) is 0 Å². The number of hydrogen-bond acceptors (Lipinski definition) is 3. The van der Waals surface area contributed by atoms with E-state index >= 15 is 0 Å². The smallest absolute Gasteiger partial charge is 0.224 e. The molecule has 1 amide bonds. The maximum absolute atomic E-state index is 11.8. The monoisotopic (exact) mass is 212 g/mol. The van der Waals surface area contributed by atoms with Crippen LogP contribution in [0.2, 0.25) is 0 Å². The molecule has 0 aliphatic carbocycles. The minimum atomic E-state index is -0.219. The molecule has 86 valence electrons. The summed E-state index contributed by atoms with van der Waals surface area (Å²) in [6.45, 7) is 5.62. The molecule has 0 saturated carbocycles. The second kappa shape index (κ2) is 3.76. The number of carbonyl (C=O) groups is 1. The average molecular weight is 212 g/mol. The second-order valence-corrected chi connectivity index (χ2v) is 5.10. The number of amides is 1. The van der Waals surface area contributed by atoms with Crippen molar-refractivity contribution in [3.8, 4) is 0 Å². The summed E-state index contributed by atoms with van der Waals surface area (Å²) in [4.78, 5) is 13.7. The highest BCUT2D eigenvalue weighted by molar-refractivity contribution is 5.80. The van der Waals surface area contributed by atoms with Crippen molar-refractivity contribution in [1.82, 2.24) is 4.90 Å². The van der Waals surface area contributed by atoms with E-state index in [2.05, 4.69) is 0 Å². The Morgan fingerprint density at radius 2 is 2.33 bits per heavy atom. The summed E-state index contributed by atoms with van der Waals surface area (Å²) >= 11 is 0. The molecule has 0 radical (unpaired) electrons. The zero-order valence-electron chi connectivity index (χ0n) is 9.53. The fraction of sp³-hybridized carbons (Fsp3) is 0.909. The summed E-state index contributed by atoms with van der Waals surface area (Å²) in [6, 6.07) is -0.0496. The van der Waals surface area contributed by atoms with Gasteiger partial charge in [-0.2, -0.15) is 0 Å². The lowest BCUT2D eigenvalue weighted by molar-refractivity contribution is -0.132. The summed E-state index contributed by atoms with van der Waals surface area (Å²) in [5, 5.41) is 0. The van der Waals surface area contributed by atoms with Crippen LogP contribution in [0.1, 0.15) is 33.1 Å². The van der Waals surface area contributed by atoms with Crippen LogP contribution in [-0.4, -0.2) is 41.6 Å². The molecule has 2 unspecified atom stereocenters. The van der Waals surface area contributed by atoms with Gasteiger partial charge in [-0.15, -0.1) is 0 Å². The van der Waals surface area contributed by atoms with Crippen molar-refractivity contribution >= 4 is 5.91 Å². The molecule has 4 nitrogen and oxygen atoms in total. The summed E-state index contributed by atoms with van der Waals surface area (Å²) in [5.41, 5.74) is 5.75. The van der Waals surface area contributed by atoms with Crippen molar-refractivity contribution < 1.29 is 9.53 Å². The molecule has 4 heteroatoms. The highest BCUT2D eigenvalue weighted by atomic mass is 16.5. The van der Waals surface area contributed by atoms with Gasteiger partial charge in [0.25, 0.3) is 0 Å². The first-order valence-corrected chi connectivity index (χ1v) is 5.69. The van der Waals surface area contributed by atoms with Crippen LogP contribution >= 0.6 is 0 Å². The van der Waals surface area contributed by atoms with Gasteiger partial charge >= 0.3 is 0 Å². The third-order valence-electron chi connectivity index (χ3n) is 3.71. The van der Waals surface area contributed by atoms with Crippen molar-refractivity contribution in [3.05, 3.63) is 0 Å². The van der Waals surface area contributed by atoms with Gasteiger partial charge < -0.3 is 15.4 Å². The molecule has 2 aliphatic heterocycles. The fourth-order valence-electron chi connectivity index (χ4n) is 2.40. The Morgan fingerprint density at radius 1 is 1.60 bits per heavy atom. The molecule has 2 aliphatic rings. The van der Waals surface area contributed by atoms with Gasteiger partial charge in [-0.1, -0.05) is 0 Å². The van der Waals surface area contributed by atoms with Crippen molar-refractivity contribution in [2.75, 3.05) is 13.2 Å². The SMILES string of the molecule is CC1(C)C(N)CC(=O)N1CC1CCCO1. The number of nitrogens with two attached hydrogens (primary N) is 1. The molecule has 2 heterocycles. The molecule has 2 atom stereocenters. The topological polar surface area (TPSA) is 55.6 Å². The third-order valence-corrected chi connectivity index (χ3v) is 3.71. The van der Waals surface area contributed by atoms with E-state index < -0.39 is 0 Å². The van der Waals surface area contributed by atoms with Gasteiger partial charge in [-0.25, -0.2) is 0 Å². The van der Waals surface area contributed by atoms with Crippen molar-refractivity contribution in [2.24, 2.45) is 5.73 Å². The number of likely N-dealkylation sites (tertiary alicyclic amines) is 1. The van der Waals surface area contributed by atoms with Gasteiger partial charge in [0, 0.05) is 25.6 Å². The van der Waals surface area contributed by atoms with E-state index in [-0.39, 0.29) is 23.6 Å². The number of hydrogen-bond donors (Lipinski definition) is 1. The van der Waals surface area contributed by atoms with E-state index in [0.29, 0.717) is 13.0 Å². The molecule has 0 aromatic rings. The Labute approximate surface area is 90.8 Å². The van der Waals surface area contributed by atoms with Crippen LogP contribution in [0.5, 0.6) is 0 Å². The van der Waals surface area contributed by atoms with Crippen LogP contribution < -0.4 is 5.73 Å². The molecular weight excluding hydrogens is 192 g/mol. The molecule has 2 fully saturated rings. The molecule has 0 aromatic carbocycles.